The van der Waals surface area contributed by atoms with Crippen molar-refractivity contribution >= 4 is 5.97 Å². The molecule has 0 aromatic heterocycles. The number of benzene rings is 1. The van der Waals surface area contributed by atoms with Gasteiger partial charge in [-0.1, -0.05) is 44.2 Å². The van der Waals surface area contributed by atoms with Crippen LogP contribution in [0.1, 0.15) is 44.7 Å². The minimum atomic E-state index is -0.723. The summed E-state index contributed by atoms with van der Waals surface area (Å²) in [5, 5.41) is 9.13. The van der Waals surface area contributed by atoms with Crippen molar-refractivity contribution < 1.29 is 9.90 Å². The smallest absolute Gasteiger partial charge is 0.305 e. The molecular formula is C16H23NO2. The van der Waals surface area contributed by atoms with Crippen LogP contribution in [0.5, 0.6) is 0 Å². The summed E-state index contributed by atoms with van der Waals surface area (Å²) in [7, 11) is 0. The molecular weight excluding hydrogens is 238 g/mol. The highest BCUT2D eigenvalue weighted by molar-refractivity contribution is 5.68. The summed E-state index contributed by atoms with van der Waals surface area (Å²) in [6, 6.07) is 10.0. The highest BCUT2D eigenvalue weighted by Crippen LogP contribution is 2.42. The Morgan fingerprint density at radius 3 is 2.32 bits per heavy atom. The number of likely N-dealkylation sites (tertiary alicyclic amines) is 1. The lowest BCUT2D eigenvalue weighted by molar-refractivity contribution is -0.140. The molecule has 19 heavy (non-hydrogen) atoms. The Hall–Kier alpha value is -1.35. The summed E-state index contributed by atoms with van der Waals surface area (Å²) in [6.07, 6.45) is 2.54. The fraction of sp³-hybridized carbons (Fsp3) is 0.562. The van der Waals surface area contributed by atoms with Crippen molar-refractivity contribution in [1.29, 1.82) is 0 Å². The Labute approximate surface area is 115 Å². The van der Waals surface area contributed by atoms with E-state index >= 15 is 0 Å². The molecule has 1 fully saturated rings. The first-order valence-electron chi connectivity index (χ1n) is 7.11. The summed E-state index contributed by atoms with van der Waals surface area (Å²) in [4.78, 5) is 13.4. The Bertz CT molecular complexity index is 418. The standard InChI is InChI=1S/C16H23NO2/c1-3-16(4-2)11-17(12-16)14(10-15(18)19)13-8-6-5-7-9-13/h5-9,14H,3-4,10-12H2,1-2H3,(H,18,19). The van der Waals surface area contributed by atoms with Gasteiger partial charge in [0.1, 0.15) is 0 Å². The van der Waals surface area contributed by atoms with Crippen molar-refractivity contribution in [2.75, 3.05) is 13.1 Å². The van der Waals surface area contributed by atoms with Crippen LogP contribution in [0.25, 0.3) is 0 Å². The predicted octanol–water partition coefficient (Wildman–Crippen LogP) is 3.32. The third-order valence-corrected chi connectivity index (χ3v) is 4.57. The molecule has 0 radical (unpaired) electrons. The molecule has 0 aliphatic carbocycles. The van der Waals surface area contributed by atoms with Crippen LogP contribution in [0.15, 0.2) is 30.3 Å². The lowest BCUT2D eigenvalue weighted by Gasteiger charge is -2.53. The SMILES string of the molecule is CCC1(CC)CN(C(CC(=O)O)c2ccccc2)C1. The van der Waals surface area contributed by atoms with E-state index in [2.05, 4.69) is 18.7 Å². The zero-order valence-corrected chi connectivity index (χ0v) is 11.8. The maximum absolute atomic E-state index is 11.1. The van der Waals surface area contributed by atoms with E-state index in [0.29, 0.717) is 5.41 Å². The fourth-order valence-electron chi connectivity index (χ4n) is 3.03. The van der Waals surface area contributed by atoms with Crippen LogP contribution in [0, 0.1) is 5.41 Å². The van der Waals surface area contributed by atoms with E-state index in [1.165, 1.54) is 12.8 Å². The Morgan fingerprint density at radius 2 is 1.84 bits per heavy atom. The van der Waals surface area contributed by atoms with Crippen molar-refractivity contribution in [2.45, 2.75) is 39.2 Å². The van der Waals surface area contributed by atoms with E-state index in [0.717, 1.165) is 18.7 Å². The monoisotopic (exact) mass is 261 g/mol. The van der Waals surface area contributed by atoms with E-state index in [9.17, 15) is 4.79 Å². The Balaban J connectivity index is 2.11. The van der Waals surface area contributed by atoms with Gasteiger partial charge in [-0.2, -0.15) is 0 Å². The molecule has 1 aliphatic rings. The van der Waals surface area contributed by atoms with E-state index in [4.69, 9.17) is 5.11 Å². The zero-order chi connectivity index (χ0) is 13.9. The summed E-state index contributed by atoms with van der Waals surface area (Å²) in [5.41, 5.74) is 1.52. The third kappa shape index (κ3) is 2.98. The number of hydrogen-bond donors (Lipinski definition) is 1. The molecule has 104 valence electrons. The van der Waals surface area contributed by atoms with Gasteiger partial charge in [-0.25, -0.2) is 0 Å². The van der Waals surface area contributed by atoms with Gasteiger partial charge in [0.25, 0.3) is 0 Å². The first-order valence-corrected chi connectivity index (χ1v) is 7.11. The van der Waals surface area contributed by atoms with Crippen LogP contribution in [-0.4, -0.2) is 29.1 Å². The molecule has 3 nitrogen and oxygen atoms in total. The maximum atomic E-state index is 11.1. The average Bonchev–Trinajstić information content (AvgIpc) is 2.38. The topological polar surface area (TPSA) is 40.5 Å². The number of carbonyl (C=O) groups is 1. The van der Waals surface area contributed by atoms with Gasteiger partial charge in [0.2, 0.25) is 0 Å². The third-order valence-electron chi connectivity index (χ3n) is 4.57. The lowest BCUT2D eigenvalue weighted by Crippen LogP contribution is -2.56. The van der Waals surface area contributed by atoms with Crippen LogP contribution >= 0.6 is 0 Å². The first kappa shape index (κ1) is 14.1. The molecule has 3 heteroatoms. The van der Waals surface area contributed by atoms with Crippen molar-refractivity contribution in [3.8, 4) is 0 Å². The van der Waals surface area contributed by atoms with Crippen LogP contribution in [0.2, 0.25) is 0 Å². The molecule has 1 N–H and O–H groups in total. The molecule has 0 bridgehead atoms. The lowest BCUT2D eigenvalue weighted by atomic mass is 9.73. The van der Waals surface area contributed by atoms with E-state index < -0.39 is 5.97 Å². The molecule has 1 unspecified atom stereocenters. The molecule has 1 aliphatic heterocycles. The summed E-state index contributed by atoms with van der Waals surface area (Å²) in [5.74, 6) is -0.723. The molecule has 1 atom stereocenters. The summed E-state index contributed by atoms with van der Waals surface area (Å²) >= 11 is 0. The highest BCUT2D eigenvalue weighted by atomic mass is 16.4. The van der Waals surface area contributed by atoms with Crippen molar-refractivity contribution in [1.82, 2.24) is 4.90 Å². The van der Waals surface area contributed by atoms with Gasteiger partial charge in [0, 0.05) is 19.1 Å². The molecule has 0 saturated carbocycles. The van der Waals surface area contributed by atoms with Gasteiger partial charge in [0.05, 0.1) is 6.42 Å². The quantitative estimate of drug-likeness (QED) is 0.854. The number of carboxylic acid groups (broad SMARTS) is 1. The highest BCUT2D eigenvalue weighted by Gasteiger charge is 2.43. The van der Waals surface area contributed by atoms with Gasteiger partial charge in [-0.3, -0.25) is 9.69 Å². The van der Waals surface area contributed by atoms with Crippen LogP contribution in [-0.2, 0) is 4.79 Å². The molecule has 1 saturated heterocycles. The molecule has 1 aromatic carbocycles. The van der Waals surface area contributed by atoms with Gasteiger partial charge >= 0.3 is 5.97 Å². The van der Waals surface area contributed by atoms with Crippen molar-refractivity contribution in [3.05, 3.63) is 35.9 Å². The maximum Gasteiger partial charge on any atom is 0.305 e. The van der Waals surface area contributed by atoms with Crippen molar-refractivity contribution in [3.63, 3.8) is 0 Å². The van der Waals surface area contributed by atoms with Crippen LogP contribution in [0.3, 0.4) is 0 Å². The zero-order valence-electron chi connectivity index (χ0n) is 11.8. The second-order valence-corrected chi connectivity index (χ2v) is 5.64. The second kappa shape index (κ2) is 5.74. The number of nitrogens with zero attached hydrogens (tertiary/aromatic N) is 1. The first-order chi connectivity index (χ1) is 9.10. The Morgan fingerprint density at radius 1 is 1.26 bits per heavy atom. The summed E-state index contributed by atoms with van der Waals surface area (Å²) in [6.45, 7) is 6.50. The molecule has 0 amide bonds. The number of aliphatic carboxylic acids is 1. The second-order valence-electron chi connectivity index (χ2n) is 5.64. The molecule has 0 spiro atoms. The average molecular weight is 261 g/mol. The Kier molecular flexibility index (Phi) is 4.25. The van der Waals surface area contributed by atoms with E-state index in [-0.39, 0.29) is 12.5 Å². The predicted molar refractivity (Wildman–Crippen MR) is 76.0 cm³/mol. The van der Waals surface area contributed by atoms with Crippen molar-refractivity contribution in [2.24, 2.45) is 5.41 Å². The number of carboxylic acids is 1. The molecule has 2 rings (SSSR count). The summed E-state index contributed by atoms with van der Waals surface area (Å²) < 4.78 is 0. The largest absolute Gasteiger partial charge is 0.481 e. The minimum absolute atomic E-state index is 0.0184. The van der Waals surface area contributed by atoms with Gasteiger partial charge in [-0.05, 0) is 23.8 Å². The molecule has 1 heterocycles. The number of hydrogen-bond acceptors (Lipinski definition) is 2. The normalized spacial score (nSPS) is 19.7. The van der Waals surface area contributed by atoms with Crippen LogP contribution in [0.4, 0.5) is 0 Å². The van der Waals surface area contributed by atoms with E-state index in [1.54, 1.807) is 0 Å². The van der Waals surface area contributed by atoms with Gasteiger partial charge in [-0.15, -0.1) is 0 Å². The molecule has 1 aromatic rings. The fourth-order valence-corrected chi connectivity index (χ4v) is 3.03. The minimum Gasteiger partial charge on any atom is -0.481 e. The van der Waals surface area contributed by atoms with Gasteiger partial charge in [0.15, 0.2) is 0 Å². The number of rotatable bonds is 6. The van der Waals surface area contributed by atoms with Gasteiger partial charge < -0.3 is 5.11 Å². The van der Waals surface area contributed by atoms with Crippen LogP contribution < -0.4 is 0 Å². The van der Waals surface area contributed by atoms with E-state index in [1.807, 2.05) is 30.3 Å².